The van der Waals surface area contributed by atoms with Crippen LogP contribution >= 0.6 is 0 Å². The highest BCUT2D eigenvalue weighted by atomic mass is 16.5. The number of aromatic nitrogens is 4. The molecule has 3 heterocycles. The van der Waals surface area contributed by atoms with Gasteiger partial charge in [-0.15, -0.1) is 0 Å². The molecule has 0 unspecified atom stereocenters. The van der Waals surface area contributed by atoms with Gasteiger partial charge in [0.2, 0.25) is 5.88 Å². The molecule has 8 nitrogen and oxygen atoms in total. The predicted molar refractivity (Wildman–Crippen MR) is 117 cm³/mol. The molecule has 0 radical (unpaired) electrons. The molecule has 0 spiro atoms. The summed E-state index contributed by atoms with van der Waals surface area (Å²) in [5, 5.41) is 0.852. The Hall–Kier alpha value is -3.39. The zero-order valence-corrected chi connectivity index (χ0v) is 17.6. The van der Waals surface area contributed by atoms with Crippen molar-refractivity contribution in [3.8, 4) is 22.8 Å². The number of hydrogen-bond donors (Lipinski definition) is 1. The second-order valence-corrected chi connectivity index (χ2v) is 7.47. The summed E-state index contributed by atoms with van der Waals surface area (Å²) in [5.74, 6) is 1.28. The van der Waals surface area contributed by atoms with Crippen LogP contribution in [0.2, 0.25) is 0 Å². The van der Waals surface area contributed by atoms with E-state index < -0.39 is 0 Å². The summed E-state index contributed by atoms with van der Waals surface area (Å²) in [6.07, 6.45) is 4.40. The van der Waals surface area contributed by atoms with E-state index >= 15 is 0 Å². The molecule has 8 heteroatoms. The maximum atomic E-state index is 12.1. The summed E-state index contributed by atoms with van der Waals surface area (Å²) in [4.78, 5) is 26.0. The molecule has 0 aliphatic heterocycles. The lowest BCUT2D eigenvalue weighted by Crippen LogP contribution is -2.15. The fraction of sp³-hybridized carbons (Fsp3) is 0.318. The van der Waals surface area contributed by atoms with Gasteiger partial charge in [-0.1, -0.05) is 0 Å². The van der Waals surface area contributed by atoms with Crippen LogP contribution in [0.15, 0.2) is 41.5 Å². The zero-order chi connectivity index (χ0) is 21.3. The molecule has 0 fully saturated rings. The van der Waals surface area contributed by atoms with E-state index in [1.165, 1.54) is 0 Å². The van der Waals surface area contributed by atoms with Gasteiger partial charge >= 0.3 is 5.69 Å². The van der Waals surface area contributed by atoms with E-state index in [1.54, 1.807) is 31.1 Å². The molecule has 0 bridgehead atoms. The molecule has 0 amide bonds. The van der Waals surface area contributed by atoms with Gasteiger partial charge in [0.1, 0.15) is 5.75 Å². The lowest BCUT2D eigenvalue weighted by molar-refractivity contribution is 0.273. The maximum Gasteiger partial charge on any atom is 0.326 e. The first-order valence-corrected chi connectivity index (χ1v) is 9.77. The minimum Gasteiger partial charge on any atom is -0.496 e. The number of methoxy groups -OCH3 is 1. The number of rotatable bonds is 7. The normalized spacial score (nSPS) is 11.5. The molecule has 0 aliphatic carbocycles. The van der Waals surface area contributed by atoms with Crippen molar-refractivity contribution in [2.24, 2.45) is 7.05 Å². The van der Waals surface area contributed by atoms with E-state index in [2.05, 4.69) is 19.9 Å². The second-order valence-electron chi connectivity index (χ2n) is 7.47. The van der Waals surface area contributed by atoms with Gasteiger partial charge in [-0.3, -0.25) is 9.55 Å². The van der Waals surface area contributed by atoms with Crippen molar-refractivity contribution in [1.82, 2.24) is 24.4 Å². The third-order valence-electron chi connectivity index (χ3n) is 5.11. The van der Waals surface area contributed by atoms with Crippen molar-refractivity contribution in [1.29, 1.82) is 0 Å². The predicted octanol–water partition coefficient (Wildman–Crippen LogP) is 2.82. The van der Waals surface area contributed by atoms with E-state index in [-0.39, 0.29) is 5.69 Å². The molecule has 1 aromatic carbocycles. The highest BCUT2D eigenvalue weighted by Gasteiger charge is 2.14. The quantitative estimate of drug-likeness (QED) is 0.474. The molecule has 3 aromatic heterocycles. The summed E-state index contributed by atoms with van der Waals surface area (Å²) >= 11 is 0. The first-order valence-electron chi connectivity index (χ1n) is 9.77. The lowest BCUT2D eigenvalue weighted by atomic mass is 10.0. The fourth-order valence-corrected chi connectivity index (χ4v) is 3.47. The Bertz CT molecular complexity index is 1240. The average molecular weight is 407 g/mol. The van der Waals surface area contributed by atoms with E-state index in [9.17, 15) is 4.79 Å². The number of aromatic amines is 1. The number of pyridine rings is 2. The monoisotopic (exact) mass is 407 g/mol. The summed E-state index contributed by atoms with van der Waals surface area (Å²) in [5.41, 5.74) is 3.85. The molecule has 30 heavy (non-hydrogen) atoms. The van der Waals surface area contributed by atoms with Gasteiger partial charge in [0.25, 0.3) is 0 Å². The van der Waals surface area contributed by atoms with Gasteiger partial charge in [-0.2, -0.15) is 0 Å². The largest absolute Gasteiger partial charge is 0.496 e. The van der Waals surface area contributed by atoms with Crippen LogP contribution in [0.5, 0.6) is 11.6 Å². The molecule has 0 aliphatic rings. The third kappa shape index (κ3) is 3.73. The van der Waals surface area contributed by atoms with E-state index in [0.29, 0.717) is 18.2 Å². The topological polar surface area (TPSA) is 85.3 Å². The van der Waals surface area contributed by atoms with Crippen molar-refractivity contribution in [3.05, 3.63) is 47.1 Å². The van der Waals surface area contributed by atoms with Gasteiger partial charge in [-0.25, -0.2) is 9.78 Å². The second kappa shape index (κ2) is 8.16. The Morgan fingerprint density at radius 2 is 2.00 bits per heavy atom. The van der Waals surface area contributed by atoms with Crippen LogP contribution in [0.1, 0.15) is 6.42 Å². The van der Waals surface area contributed by atoms with Crippen molar-refractivity contribution < 1.29 is 9.47 Å². The molecule has 4 aromatic rings. The standard InChI is InChI=1S/C22H25N5O3/c1-26(2)8-5-9-30-20-7-6-14(12-24-20)15-10-16-17(11-19(15)29-4)23-13-18-21(16)25-22(28)27(18)3/h6-7,10-13H,5,8-9H2,1-4H3,(H,25,28). The van der Waals surface area contributed by atoms with Crippen LogP contribution in [0.25, 0.3) is 33.1 Å². The number of ether oxygens (including phenoxy) is 2. The number of aryl methyl sites for hydroxylation is 1. The summed E-state index contributed by atoms with van der Waals surface area (Å²) < 4.78 is 12.9. The van der Waals surface area contributed by atoms with Crippen LogP contribution in [0.3, 0.4) is 0 Å². The summed E-state index contributed by atoms with van der Waals surface area (Å²) in [6.45, 7) is 1.59. The minimum atomic E-state index is -0.172. The SMILES string of the molecule is COc1cc2ncc3c([nH]c(=O)n3C)c2cc1-c1ccc(OCCCN(C)C)nc1. The Balaban J connectivity index is 1.69. The Labute approximate surface area is 174 Å². The first kappa shape index (κ1) is 19.9. The zero-order valence-electron chi connectivity index (χ0n) is 17.6. The first-order chi connectivity index (χ1) is 14.5. The van der Waals surface area contributed by atoms with Crippen LogP contribution in [-0.2, 0) is 7.05 Å². The van der Waals surface area contributed by atoms with Crippen LogP contribution in [0.4, 0.5) is 0 Å². The van der Waals surface area contributed by atoms with Crippen molar-refractivity contribution in [3.63, 3.8) is 0 Å². The van der Waals surface area contributed by atoms with E-state index in [1.807, 2.05) is 38.4 Å². The van der Waals surface area contributed by atoms with Crippen LogP contribution in [0, 0.1) is 0 Å². The number of nitrogens with one attached hydrogen (secondary N) is 1. The number of imidazole rings is 1. The molecular formula is C22H25N5O3. The van der Waals surface area contributed by atoms with Crippen molar-refractivity contribution >= 4 is 21.9 Å². The average Bonchev–Trinajstić information content (AvgIpc) is 3.04. The number of nitrogens with zero attached hydrogens (tertiary/aromatic N) is 4. The maximum absolute atomic E-state index is 12.1. The number of H-pyrrole nitrogens is 1. The Morgan fingerprint density at radius 1 is 1.17 bits per heavy atom. The molecule has 0 saturated heterocycles. The summed E-state index contributed by atoms with van der Waals surface area (Å²) in [7, 11) is 7.43. The van der Waals surface area contributed by atoms with Gasteiger partial charge in [0.05, 0.1) is 36.5 Å². The van der Waals surface area contributed by atoms with Gasteiger partial charge in [0.15, 0.2) is 0 Å². The van der Waals surface area contributed by atoms with E-state index in [0.717, 1.165) is 46.0 Å². The van der Waals surface area contributed by atoms with Crippen LogP contribution in [-0.4, -0.2) is 58.8 Å². The summed E-state index contributed by atoms with van der Waals surface area (Å²) in [6, 6.07) is 7.67. The smallest absolute Gasteiger partial charge is 0.326 e. The molecule has 1 N–H and O–H groups in total. The van der Waals surface area contributed by atoms with E-state index in [4.69, 9.17) is 9.47 Å². The van der Waals surface area contributed by atoms with Crippen LogP contribution < -0.4 is 15.2 Å². The lowest BCUT2D eigenvalue weighted by Gasteiger charge is -2.12. The highest BCUT2D eigenvalue weighted by Crippen LogP contribution is 2.35. The van der Waals surface area contributed by atoms with Gasteiger partial charge in [-0.05, 0) is 32.6 Å². The Kier molecular flexibility index (Phi) is 5.41. The molecule has 156 valence electrons. The van der Waals surface area contributed by atoms with Crippen molar-refractivity contribution in [2.45, 2.75) is 6.42 Å². The molecule has 4 rings (SSSR count). The Morgan fingerprint density at radius 3 is 2.70 bits per heavy atom. The van der Waals surface area contributed by atoms with Crippen molar-refractivity contribution in [2.75, 3.05) is 34.4 Å². The fourth-order valence-electron chi connectivity index (χ4n) is 3.47. The number of fused-ring (bicyclic) bond motifs is 3. The van der Waals surface area contributed by atoms with Gasteiger partial charge < -0.3 is 19.4 Å². The number of benzene rings is 1. The molecule has 0 atom stereocenters. The molecule has 0 saturated carbocycles. The minimum absolute atomic E-state index is 0.172. The highest BCUT2D eigenvalue weighted by molar-refractivity contribution is 6.04. The number of hydrogen-bond acceptors (Lipinski definition) is 6. The third-order valence-corrected chi connectivity index (χ3v) is 5.11. The molecular weight excluding hydrogens is 382 g/mol. The van der Waals surface area contributed by atoms with Gasteiger partial charge in [0, 0.05) is 48.4 Å².